The van der Waals surface area contributed by atoms with Gasteiger partial charge >= 0.3 is 5.97 Å². The van der Waals surface area contributed by atoms with E-state index in [1.807, 2.05) is 11.8 Å². The molecule has 1 saturated heterocycles. The predicted molar refractivity (Wildman–Crippen MR) is 62.2 cm³/mol. The molecule has 0 bridgehead atoms. The van der Waals surface area contributed by atoms with Crippen molar-refractivity contribution in [2.24, 2.45) is 0 Å². The molecule has 0 aliphatic carbocycles. The largest absolute Gasteiger partial charge is 0.480 e. The second kappa shape index (κ2) is 4.84. The number of halogens is 1. The van der Waals surface area contributed by atoms with Gasteiger partial charge < -0.3 is 5.11 Å². The average molecular weight is 237 g/mol. The summed E-state index contributed by atoms with van der Waals surface area (Å²) in [6, 6.07) is 5.87. The van der Waals surface area contributed by atoms with Crippen molar-refractivity contribution in [3.8, 4) is 0 Å². The molecule has 1 N–H and O–H groups in total. The van der Waals surface area contributed by atoms with Crippen LogP contribution in [0.5, 0.6) is 0 Å². The van der Waals surface area contributed by atoms with Gasteiger partial charge in [-0.15, -0.1) is 0 Å². The molecule has 2 unspecified atom stereocenters. The van der Waals surface area contributed by atoms with E-state index in [-0.39, 0.29) is 11.9 Å². The van der Waals surface area contributed by atoms with E-state index >= 15 is 0 Å². The Morgan fingerprint density at radius 2 is 2.12 bits per heavy atom. The topological polar surface area (TPSA) is 40.5 Å². The van der Waals surface area contributed by atoms with Crippen LogP contribution < -0.4 is 0 Å². The molecule has 1 aromatic carbocycles. The molecule has 17 heavy (non-hydrogen) atoms. The first-order chi connectivity index (χ1) is 8.09. The third-order valence-electron chi connectivity index (χ3n) is 3.43. The number of aliphatic carboxylic acids is 1. The normalized spacial score (nSPS) is 22.6. The van der Waals surface area contributed by atoms with Crippen LogP contribution in [0, 0.1) is 5.82 Å². The molecule has 4 heteroatoms. The van der Waals surface area contributed by atoms with Crippen molar-refractivity contribution < 1.29 is 14.3 Å². The van der Waals surface area contributed by atoms with Gasteiger partial charge in [0, 0.05) is 6.04 Å². The van der Waals surface area contributed by atoms with Crippen molar-refractivity contribution in [2.75, 3.05) is 6.54 Å². The van der Waals surface area contributed by atoms with E-state index in [2.05, 4.69) is 0 Å². The SMILES string of the molecule is CC(c1ccc(F)cc1)N1CCCC1C(=O)O. The monoisotopic (exact) mass is 237 g/mol. The van der Waals surface area contributed by atoms with E-state index in [0.29, 0.717) is 6.42 Å². The molecular formula is C13H16FNO2. The first-order valence-corrected chi connectivity index (χ1v) is 5.83. The fourth-order valence-electron chi connectivity index (χ4n) is 2.45. The Labute approximate surface area is 99.9 Å². The van der Waals surface area contributed by atoms with Crippen LogP contribution in [0.1, 0.15) is 31.4 Å². The Bertz CT molecular complexity index is 404. The zero-order valence-electron chi connectivity index (χ0n) is 9.77. The number of hydrogen-bond acceptors (Lipinski definition) is 2. The number of benzene rings is 1. The van der Waals surface area contributed by atoms with Crippen LogP contribution >= 0.6 is 0 Å². The lowest BCUT2D eigenvalue weighted by Gasteiger charge is -2.28. The first kappa shape index (κ1) is 12.0. The van der Waals surface area contributed by atoms with Crippen LogP contribution in [0.4, 0.5) is 4.39 Å². The Morgan fingerprint density at radius 1 is 1.47 bits per heavy atom. The van der Waals surface area contributed by atoms with E-state index in [1.54, 1.807) is 12.1 Å². The van der Waals surface area contributed by atoms with Gasteiger partial charge in [-0.2, -0.15) is 0 Å². The van der Waals surface area contributed by atoms with Crippen molar-refractivity contribution >= 4 is 5.97 Å². The fourth-order valence-corrected chi connectivity index (χ4v) is 2.45. The summed E-state index contributed by atoms with van der Waals surface area (Å²) in [7, 11) is 0. The molecule has 1 heterocycles. The third-order valence-corrected chi connectivity index (χ3v) is 3.43. The average Bonchev–Trinajstić information content (AvgIpc) is 2.78. The minimum atomic E-state index is -0.767. The number of carbonyl (C=O) groups is 1. The van der Waals surface area contributed by atoms with E-state index in [0.717, 1.165) is 18.5 Å². The summed E-state index contributed by atoms with van der Waals surface area (Å²) < 4.78 is 12.8. The molecule has 1 aliphatic rings. The number of hydrogen-bond donors (Lipinski definition) is 1. The minimum Gasteiger partial charge on any atom is -0.480 e. The lowest BCUT2D eigenvalue weighted by molar-refractivity contribution is -0.142. The van der Waals surface area contributed by atoms with Gasteiger partial charge in [-0.3, -0.25) is 9.69 Å². The van der Waals surface area contributed by atoms with Crippen LogP contribution in [-0.4, -0.2) is 28.6 Å². The smallest absolute Gasteiger partial charge is 0.320 e. The van der Waals surface area contributed by atoms with Crippen LogP contribution in [0.25, 0.3) is 0 Å². The highest BCUT2D eigenvalue weighted by Gasteiger charge is 2.33. The lowest BCUT2D eigenvalue weighted by atomic mass is 10.1. The molecule has 1 aliphatic heterocycles. The van der Waals surface area contributed by atoms with Gasteiger partial charge in [0.15, 0.2) is 0 Å². The van der Waals surface area contributed by atoms with Gasteiger partial charge in [-0.25, -0.2) is 4.39 Å². The molecule has 1 fully saturated rings. The summed E-state index contributed by atoms with van der Waals surface area (Å²) in [6.45, 7) is 2.75. The Balaban J connectivity index is 2.16. The van der Waals surface area contributed by atoms with Crippen molar-refractivity contribution in [3.63, 3.8) is 0 Å². The molecule has 3 nitrogen and oxygen atoms in total. The summed E-state index contributed by atoms with van der Waals surface area (Å²) in [5.41, 5.74) is 0.958. The van der Waals surface area contributed by atoms with Gasteiger partial charge in [0.25, 0.3) is 0 Å². The summed E-state index contributed by atoms with van der Waals surface area (Å²) in [5.74, 6) is -1.03. The molecule has 0 spiro atoms. The molecule has 92 valence electrons. The highest BCUT2D eigenvalue weighted by molar-refractivity contribution is 5.73. The molecule has 0 aromatic heterocycles. The third kappa shape index (κ3) is 2.47. The summed E-state index contributed by atoms with van der Waals surface area (Å²) in [4.78, 5) is 13.1. The predicted octanol–water partition coefficient (Wildman–Crippen LogP) is 2.44. The standard InChI is InChI=1S/C13H16FNO2/c1-9(10-4-6-11(14)7-5-10)15-8-2-3-12(15)13(16)17/h4-7,9,12H,2-3,8H2,1H3,(H,16,17). The van der Waals surface area contributed by atoms with Gasteiger partial charge in [0.05, 0.1) is 0 Å². The molecule has 2 atom stereocenters. The summed E-state index contributed by atoms with van der Waals surface area (Å²) >= 11 is 0. The maximum atomic E-state index is 12.8. The Kier molecular flexibility index (Phi) is 3.43. The molecular weight excluding hydrogens is 221 g/mol. The molecule has 0 radical (unpaired) electrons. The van der Waals surface area contributed by atoms with Gasteiger partial charge in [0.2, 0.25) is 0 Å². The number of rotatable bonds is 3. The zero-order valence-corrected chi connectivity index (χ0v) is 9.77. The number of nitrogens with zero attached hydrogens (tertiary/aromatic N) is 1. The number of carboxylic acids is 1. The first-order valence-electron chi connectivity index (χ1n) is 5.83. The zero-order chi connectivity index (χ0) is 12.4. The van der Waals surface area contributed by atoms with Crippen molar-refractivity contribution in [2.45, 2.75) is 31.8 Å². The number of carboxylic acid groups (broad SMARTS) is 1. The molecule has 1 aromatic rings. The van der Waals surface area contributed by atoms with Crippen molar-refractivity contribution in [1.82, 2.24) is 4.90 Å². The second-order valence-corrected chi connectivity index (χ2v) is 4.46. The Morgan fingerprint density at radius 3 is 2.71 bits per heavy atom. The summed E-state index contributed by atoms with van der Waals surface area (Å²) in [5, 5.41) is 9.12. The Hall–Kier alpha value is -1.42. The van der Waals surface area contributed by atoms with Gasteiger partial charge in [-0.1, -0.05) is 12.1 Å². The van der Waals surface area contributed by atoms with Gasteiger partial charge in [-0.05, 0) is 44.0 Å². The van der Waals surface area contributed by atoms with Crippen LogP contribution in [-0.2, 0) is 4.79 Å². The summed E-state index contributed by atoms with van der Waals surface area (Å²) in [6.07, 6.45) is 1.60. The van der Waals surface area contributed by atoms with Crippen LogP contribution in [0.3, 0.4) is 0 Å². The highest BCUT2D eigenvalue weighted by atomic mass is 19.1. The minimum absolute atomic E-state index is 0.0131. The quantitative estimate of drug-likeness (QED) is 0.877. The van der Waals surface area contributed by atoms with E-state index in [9.17, 15) is 9.18 Å². The van der Waals surface area contributed by atoms with E-state index < -0.39 is 12.0 Å². The van der Waals surface area contributed by atoms with E-state index in [4.69, 9.17) is 5.11 Å². The van der Waals surface area contributed by atoms with E-state index in [1.165, 1.54) is 12.1 Å². The maximum Gasteiger partial charge on any atom is 0.320 e. The van der Waals surface area contributed by atoms with Crippen LogP contribution in [0.2, 0.25) is 0 Å². The van der Waals surface area contributed by atoms with Gasteiger partial charge in [0.1, 0.15) is 11.9 Å². The van der Waals surface area contributed by atoms with Crippen molar-refractivity contribution in [1.29, 1.82) is 0 Å². The number of likely N-dealkylation sites (tertiary alicyclic amines) is 1. The molecule has 0 amide bonds. The van der Waals surface area contributed by atoms with Crippen molar-refractivity contribution in [3.05, 3.63) is 35.6 Å². The second-order valence-electron chi connectivity index (χ2n) is 4.46. The highest BCUT2D eigenvalue weighted by Crippen LogP contribution is 2.29. The maximum absolute atomic E-state index is 12.8. The molecule has 2 rings (SSSR count). The van der Waals surface area contributed by atoms with Crippen LogP contribution in [0.15, 0.2) is 24.3 Å². The lowest BCUT2D eigenvalue weighted by Crippen LogP contribution is -2.37. The molecule has 0 saturated carbocycles. The fraction of sp³-hybridized carbons (Fsp3) is 0.462.